The average Bonchev–Trinajstić information content (AvgIpc) is 1.83. The molecule has 42 valence electrons. The van der Waals surface area contributed by atoms with Gasteiger partial charge in [-0.3, -0.25) is 0 Å². The first kappa shape index (κ1) is 6.88. The van der Waals surface area contributed by atoms with E-state index in [1.807, 2.05) is 6.92 Å². The molecule has 8 heavy (non-hydrogen) atoms. The quantitative estimate of drug-likeness (QED) is 0.393. The van der Waals surface area contributed by atoms with E-state index in [2.05, 4.69) is 11.7 Å². The van der Waals surface area contributed by atoms with Crippen LogP contribution in [0, 0.1) is 12.3 Å². The number of rotatable bonds is 1. The maximum absolute atomic E-state index is 5.34. The lowest BCUT2D eigenvalue weighted by molar-refractivity contribution is 1.07. The number of terminal acetylenes is 1. The molecular weight excluding hydrogens is 98.1 g/mol. The average molecular weight is 107 g/mol. The number of hydrogen-bond donors (Lipinski definition) is 1. The molecule has 0 aromatic rings. The zero-order valence-electron chi connectivity index (χ0n) is 4.94. The lowest BCUT2D eigenvalue weighted by atomic mass is 10.4. The Hall–Kier alpha value is -1.12. The smallest absolute Gasteiger partial charge is 0.0516 e. The van der Waals surface area contributed by atoms with Gasteiger partial charge in [-0.15, -0.1) is 6.42 Å². The molecular formula is C7H9N. The van der Waals surface area contributed by atoms with Gasteiger partial charge in [0.25, 0.3) is 0 Å². The predicted molar refractivity (Wildman–Crippen MR) is 34.9 cm³/mol. The van der Waals surface area contributed by atoms with Crippen molar-refractivity contribution < 1.29 is 0 Å². The van der Waals surface area contributed by atoms with E-state index >= 15 is 0 Å². The number of nitrogens with two attached hydrogens (primary N) is 1. The molecule has 0 heterocycles. The summed E-state index contributed by atoms with van der Waals surface area (Å²) in [5, 5.41) is 0. The minimum Gasteiger partial charge on any atom is -0.396 e. The largest absolute Gasteiger partial charge is 0.396 e. The predicted octanol–water partition coefficient (Wildman–Crippen LogP) is 1.03. The molecule has 0 aliphatic carbocycles. The van der Waals surface area contributed by atoms with E-state index in [9.17, 15) is 0 Å². The lowest BCUT2D eigenvalue weighted by Crippen LogP contribution is -1.90. The highest BCUT2D eigenvalue weighted by atomic mass is 14.5. The molecule has 0 bridgehead atoms. The molecule has 0 aliphatic rings. The van der Waals surface area contributed by atoms with Gasteiger partial charge < -0.3 is 5.73 Å². The van der Waals surface area contributed by atoms with Crippen LogP contribution in [-0.4, -0.2) is 0 Å². The highest BCUT2D eigenvalue weighted by molar-refractivity contribution is 5.11. The Morgan fingerprint density at radius 2 is 2.50 bits per heavy atom. The van der Waals surface area contributed by atoms with Crippen LogP contribution in [0.5, 0.6) is 0 Å². The first-order chi connectivity index (χ1) is 3.81. The van der Waals surface area contributed by atoms with Crippen LogP contribution in [0.4, 0.5) is 0 Å². The van der Waals surface area contributed by atoms with Gasteiger partial charge in [-0.1, -0.05) is 18.6 Å². The summed E-state index contributed by atoms with van der Waals surface area (Å²) < 4.78 is 0. The van der Waals surface area contributed by atoms with Crippen molar-refractivity contribution in [3.8, 4) is 12.3 Å². The van der Waals surface area contributed by atoms with Crippen LogP contribution >= 0.6 is 0 Å². The van der Waals surface area contributed by atoms with Crippen LogP contribution in [0.15, 0.2) is 17.5 Å². The molecule has 0 radical (unpaired) electrons. The van der Waals surface area contributed by atoms with Gasteiger partial charge in [0.05, 0.1) is 5.70 Å². The molecule has 0 aliphatic heterocycles. The Morgan fingerprint density at radius 1 is 1.88 bits per heavy atom. The summed E-state index contributed by atoms with van der Waals surface area (Å²) in [5.74, 6) is 2.30. The maximum Gasteiger partial charge on any atom is 0.0516 e. The fourth-order valence-corrected chi connectivity index (χ4v) is 0.236. The summed E-state index contributed by atoms with van der Waals surface area (Å²) in [5.41, 5.74) is 8.75. The molecule has 0 saturated carbocycles. The van der Waals surface area contributed by atoms with Crippen molar-refractivity contribution in [1.82, 2.24) is 0 Å². The minimum atomic E-state index is 0.697. The van der Waals surface area contributed by atoms with E-state index in [0.717, 1.165) is 6.42 Å². The van der Waals surface area contributed by atoms with Gasteiger partial charge in [0, 0.05) is 6.08 Å². The summed E-state index contributed by atoms with van der Waals surface area (Å²) in [7, 11) is 0. The van der Waals surface area contributed by atoms with Crippen molar-refractivity contribution in [2.45, 2.75) is 13.3 Å². The van der Waals surface area contributed by atoms with Crippen LogP contribution in [0.1, 0.15) is 13.3 Å². The number of allylic oxidation sites excluding steroid dienone is 1. The van der Waals surface area contributed by atoms with E-state index < -0.39 is 0 Å². The summed E-state index contributed by atoms with van der Waals surface area (Å²) in [6, 6.07) is 0. The van der Waals surface area contributed by atoms with Crippen LogP contribution in [-0.2, 0) is 0 Å². The topological polar surface area (TPSA) is 26.0 Å². The van der Waals surface area contributed by atoms with Gasteiger partial charge in [-0.05, 0) is 6.42 Å². The van der Waals surface area contributed by atoms with Gasteiger partial charge in [-0.2, -0.15) is 0 Å². The third kappa shape index (κ3) is 3.08. The van der Waals surface area contributed by atoms with Crippen molar-refractivity contribution in [2.75, 3.05) is 0 Å². The molecule has 0 aromatic carbocycles. The van der Waals surface area contributed by atoms with Gasteiger partial charge in [-0.25, -0.2) is 0 Å². The van der Waals surface area contributed by atoms with Crippen LogP contribution in [0.2, 0.25) is 0 Å². The van der Waals surface area contributed by atoms with Crippen molar-refractivity contribution >= 4 is 0 Å². The Balaban J connectivity index is 3.97. The Labute approximate surface area is 49.9 Å². The normalized spacial score (nSPS) is 6.50. The molecule has 1 nitrogen and oxygen atoms in total. The minimum absolute atomic E-state index is 0.697. The fraction of sp³-hybridized carbons (Fsp3) is 0.286. The Kier molecular flexibility index (Phi) is 3.48. The molecule has 0 unspecified atom stereocenters. The Bertz CT molecular complexity index is 154. The molecule has 0 spiro atoms. The second kappa shape index (κ2) is 4.05. The van der Waals surface area contributed by atoms with Gasteiger partial charge in [0.15, 0.2) is 0 Å². The third-order valence-electron chi connectivity index (χ3n) is 0.722. The molecule has 0 saturated heterocycles. The van der Waals surface area contributed by atoms with Crippen molar-refractivity contribution in [1.29, 1.82) is 0 Å². The third-order valence-corrected chi connectivity index (χ3v) is 0.722. The van der Waals surface area contributed by atoms with Gasteiger partial charge in [0.2, 0.25) is 0 Å². The molecule has 0 aromatic heterocycles. The standard InChI is InChI=1S/C7H9N/c1-3-5-6-7(8)4-2/h1,5H,4,8H2,2H3. The van der Waals surface area contributed by atoms with Crippen molar-refractivity contribution in [2.24, 2.45) is 5.73 Å². The summed E-state index contributed by atoms with van der Waals surface area (Å²) in [4.78, 5) is 0. The zero-order valence-corrected chi connectivity index (χ0v) is 4.94. The van der Waals surface area contributed by atoms with Gasteiger partial charge >= 0.3 is 0 Å². The molecule has 1 heteroatoms. The number of hydrogen-bond acceptors (Lipinski definition) is 1. The van der Waals surface area contributed by atoms with Crippen LogP contribution in [0.25, 0.3) is 0 Å². The summed E-state index contributed by atoms with van der Waals surface area (Å²) >= 11 is 0. The zero-order chi connectivity index (χ0) is 6.41. The van der Waals surface area contributed by atoms with E-state index in [-0.39, 0.29) is 0 Å². The first-order valence-electron chi connectivity index (χ1n) is 2.47. The Morgan fingerprint density at radius 3 is 2.88 bits per heavy atom. The molecule has 0 amide bonds. The van der Waals surface area contributed by atoms with E-state index in [0.29, 0.717) is 5.70 Å². The first-order valence-corrected chi connectivity index (χ1v) is 2.47. The highest BCUT2D eigenvalue weighted by Gasteiger charge is 1.74. The second-order valence-electron chi connectivity index (χ2n) is 1.33. The van der Waals surface area contributed by atoms with Crippen molar-refractivity contribution in [3.63, 3.8) is 0 Å². The molecule has 0 fully saturated rings. The monoisotopic (exact) mass is 107 g/mol. The molecule has 2 N–H and O–H groups in total. The molecule has 0 rings (SSSR count). The second-order valence-corrected chi connectivity index (χ2v) is 1.33. The summed E-state index contributed by atoms with van der Waals surface area (Å²) in [6.45, 7) is 1.95. The van der Waals surface area contributed by atoms with Crippen LogP contribution in [0.3, 0.4) is 0 Å². The fourth-order valence-electron chi connectivity index (χ4n) is 0.236. The molecule has 0 atom stereocenters. The van der Waals surface area contributed by atoms with E-state index in [1.165, 1.54) is 6.08 Å². The lowest BCUT2D eigenvalue weighted by Gasteiger charge is -1.82. The van der Waals surface area contributed by atoms with E-state index in [4.69, 9.17) is 12.2 Å². The van der Waals surface area contributed by atoms with Crippen molar-refractivity contribution in [3.05, 3.63) is 17.5 Å². The maximum atomic E-state index is 5.34. The summed E-state index contributed by atoms with van der Waals surface area (Å²) in [6.07, 6.45) is 7.17. The van der Waals surface area contributed by atoms with Crippen LogP contribution < -0.4 is 5.73 Å². The van der Waals surface area contributed by atoms with E-state index in [1.54, 1.807) is 0 Å². The van der Waals surface area contributed by atoms with Gasteiger partial charge in [0.1, 0.15) is 0 Å². The highest BCUT2D eigenvalue weighted by Crippen LogP contribution is 1.84. The SMILES string of the molecule is C#CC=C=C(N)CC.